The van der Waals surface area contributed by atoms with Crippen molar-refractivity contribution < 1.29 is 14.9 Å². The van der Waals surface area contributed by atoms with E-state index in [1.807, 2.05) is 59.3 Å². The van der Waals surface area contributed by atoms with E-state index in [0.717, 1.165) is 22.3 Å². The molecule has 0 bridgehead atoms. The average Bonchev–Trinajstić information content (AvgIpc) is 3.54. The maximum atomic E-state index is 9.36. The first-order valence-corrected chi connectivity index (χ1v) is 15.4. The number of rotatable bonds is 10. The zero-order valence-electron chi connectivity index (χ0n) is 24.5. The molecule has 0 aliphatic carbocycles. The molecule has 0 aliphatic heterocycles. The zero-order chi connectivity index (χ0) is 32.4. The van der Waals surface area contributed by atoms with Crippen LogP contribution < -0.4 is 0 Å². The van der Waals surface area contributed by atoms with E-state index in [1.165, 1.54) is 0 Å². The third kappa shape index (κ3) is 9.89. The van der Waals surface area contributed by atoms with Crippen LogP contribution >= 0.6 is 46.4 Å². The normalized spacial score (nSPS) is 13.1. The van der Waals surface area contributed by atoms with E-state index in [2.05, 4.69) is 24.6 Å². The molecule has 2 atom stereocenters. The average molecular weight is 682 g/mol. The number of halogens is 4. The van der Waals surface area contributed by atoms with E-state index in [4.69, 9.17) is 51.1 Å². The Morgan fingerprint density at radius 3 is 2.07 bits per heavy atom. The Hall–Kier alpha value is -3.71. The fourth-order valence-electron chi connectivity index (χ4n) is 4.38. The molecule has 4 aromatic carbocycles. The molecule has 5 nitrogen and oxygen atoms in total. The first kappa shape index (κ1) is 34.2. The third-order valence-electron chi connectivity index (χ3n) is 7.13. The minimum Gasteiger partial charge on any atom is -0.508 e. The molecule has 0 aliphatic rings. The first-order chi connectivity index (χ1) is 21.6. The molecule has 45 heavy (non-hydrogen) atoms. The molecule has 2 unspecified atom stereocenters. The van der Waals surface area contributed by atoms with Gasteiger partial charge >= 0.3 is 0 Å². The van der Waals surface area contributed by atoms with E-state index >= 15 is 0 Å². The van der Waals surface area contributed by atoms with E-state index in [9.17, 15) is 10.2 Å². The molecule has 232 valence electrons. The summed E-state index contributed by atoms with van der Waals surface area (Å²) in [5.74, 6) is 0.509. The van der Waals surface area contributed by atoms with Crippen molar-refractivity contribution in [3.05, 3.63) is 165 Å². The molecule has 5 rings (SSSR count). The lowest BCUT2D eigenvalue weighted by Crippen LogP contribution is -2.14. The predicted octanol–water partition coefficient (Wildman–Crippen LogP) is 10.7. The van der Waals surface area contributed by atoms with Gasteiger partial charge in [0, 0.05) is 43.5 Å². The van der Waals surface area contributed by atoms with Crippen LogP contribution in [0.15, 0.2) is 122 Å². The van der Waals surface area contributed by atoms with Gasteiger partial charge in [-0.15, -0.1) is 6.58 Å². The highest BCUT2D eigenvalue weighted by Crippen LogP contribution is 2.32. The maximum absolute atomic E-state index is 9.36. The summed E-state index contributed by atoms with van der Waals surface area (Å²) in [5.41, 5.74) is 3.46. The molecule has 0 saturated heterocycles. The molecular weight excluding hydrogens is 650 g/mol. The monoisotopic (exact) mass is 680 g/mol. The molecule has 0 spiro atoms. The number of allylic oxidation sites excluding steroid dienone is 2. The molecule has 1 heterocycles. The van der Waals surface area contributed by atoms with Crippen LogP contribution in [0, 0.1) is 0 Å². The Balaban J connectivity index is 0.000000210. The molecule has 0 saturated carbocycles. The van der Waals surface area contributed by atoms with Gasteiger partial charge in [-0.25, -0.2) is 4.98 Å². The number of ether oxygens (including phenoxy) is 1. The molecule has 2 N–H and O–H groups in total. The summed E-state index contributed by atoms with van der Waals surface area (Å²) >= 11 is 24.5. The number of hydrogen-bond donors (Lipinski definition) is 2. The second-order valence-electron chi connectivity index (χ2n) is 10.4. The molecular formula is C36H32Cl4N2O3. The number of phenolic OH excluding ortho intramolecular Hbond substituents is 2. The van der Waals surface area contributed by atoms with Crippen molar-refractivity contribution in [3.63, 3.8) is 0 Å². The summed E-state index contributed by atoms with van der Waals surface area (Å²) in [6.07, 6.45) is 11.0. The van der Waals surface area contributed by atoms with Crippen LogP contribution in [0.25, 0.3) is 6.08 Å². The molecule has 1 aromatic heterocycles. The quantitative estimate of drug-likeness (QED) is 0.144. The van der Waals surface area contributed by atoms with E-state index in [0.29, 0.717) is 33.2 Å². The lowest BCUT2D eigenvalue weighted by atomic mass is 9.82. The highest BCUT2D eigenvalue weighted by molar-refractivity contribution is 6.35. The third-order valence-corrected chi connectivity index (χ3v) is 8.28. The number of aromatic hydroxyl groups is 2. The van der Waals surface area contributed by atoms with Gasteiger partial charge in [0.25, 0.3) is 0 Å². The second-order valence-corrected chi connectivity index (χ2v) is 12.1. The first-order valence-electron chi connectivity index (χ1n) is 13.9. The molecule has 0 fully saturated rings. The van der Waals surface area contributed by atoms with E-state index in [1.54, 1.807) is 61.1 Å². The minimum atomic E-state index is -0.314. The van der Waals surface area contributed by atoms with Crippen molar-refractivity contribution in [1.82, 2.24) is 9.55 Å². The van der Waals surface area contributed by atoms with Gasteiger partial charge < -0.3 is 19.5 Å². The Bertz CT molecular complexity index is 1720. The van der Waals surface area contributed by atoms with Crippen LogP contribution in [0.2, 0.25) is 20.1 Å². The number of imidazole rings is 1. The summed E-state index contributed by atoms with van der Waals surface area (Å²) in [5, 5.41) is 20.9. The van der Waals surface area contributed by atoms with Gasteiger partial charge in [0.15, 0.2) is 0 Å². The number of hydrogen-bond acceptors (Lipinski definition) is 4. The fourth-order valence-corrected chi connectivity index (χ4v) is 5.37. The maximum Gasteiger partial charge on any atom is 0.115 e. The Kier molecular flexibility index (Phi) is 12.2. The van der Waals surface area contributed by atoms with E-state index < -0.39 is 0 Å². The molecule has 0 amide bonds. The number of nitrogens with zero attached hydrogens (tertiary/aromatic N) is 2. The number of aromatic nitrogens is 2. The van der Waals surface area contributed by atoms with Crippen LogP contribution in [0.4, 0.5) is 0 Å². The van der Waals surface area contributed by atoms with Gasteiger partial charge in [-0.1, -0.05) is 101 Å². The van der Waals surface area contributed by atoms with Gasteiger partial charge in [-0.3, -0.25) is 0 Å². The zero-order valence-corrected chi connectivity index (χ0v) is 27.5. The topological polar surface area (TPSA) is 67.5 Å². The van der Waals surface area contributed by atoms with Gasteiger partial charge in [-0.2, -0.15) is 0 Å². The largest absolute Gasteiger partial charge is 0.508 e. The standard InChI is InChI=1S/C18H14Cl4N2O.C18H18O2/c19-13-2-1-12(16(21)7-13)10-25-18(9-24-6-5-23-11-24)15-4-3-14(20)8-17(15)22;1-3-18(2,15-6-10-17(20)11-7-15)13-12-14-4-8-16(19)9-5-14/h1-8,11,18H,9-10H2;3-13,19-20H,1H2,2H3/b;13-12-. The van der Waals surface area contributed by atoms with Crippen molar-refractivity contribution in [1.29, 1.82) is 0 Å². The van der Waals surface area contributed by atoms with Crippen LogP contribution in [0.3, 0.4) is 0 Å². The second kappa shape index (κ2) is 16.0. The Morgan fingerprint density at radius 2 is 1.49 bits per heavy atom. The lowest BCUT2D eigenvalue weighted by molar-refractivity contribution is 0.0281. The molecule has 5 aromatic rings. The van der Waals surface area contributed by atoms with Crippen LogP contribution in [-0.2, 0) is 23.3 Å². The minimum absolute atomic E-state index is 0.252. The summed E-state index contributed by atoms with van der Waals surface area (Å²) < 4.78 is 8.05. The molecule has 9 heteroatoms. The Morgan fingerprint density at radius 1 is 0.867 bits per heavy atom. The van der Waals surface area contributed by atoms with Crippen molar-refractivity contribution in [2.45, 2.75) is 31.6 Å². The lowest BCUT2D eigenvalue weighted by Gasteiger charge is -2.22. The highest BCUT2D eigenvalue weighted by Gasteiger charge is 2.19. The summed E-state index contributed by atoms with van der Waals surface area (Å²) in [4.78, 5) is 4.07. The highest BCUT2D eigenvalue weighted by atomic mass is 35.5. The fraction of sp³-hybridized carbons (Fsp3) is 0.139. The Labute approximate surface area is 283 Å². The van der Waals surface area contributed by atoms with Crippen molar-refractivity contribution in [2.24, 2.45) is 0 Å². The number of benzene rings is 4. The summed E-state index contributed by atoms with van der Waals surface area (Å²) in [6, 6.07) is 24.8. The van der Waals surface area contributed by atoms with Gasteiger partial charge in [0.2, 0.25) is 0 Å². The SMILES string of the molecule is C=CC(C)(/C=C\c1ccc(O)cc1)c1ccc(O)cc1.Clc1ccc(COC(Cn2ccnc2)c2ccc(Cl)cc2Cl)c(Cl)c1. The van der Waals surface area contributed by atoms with Crippen molar-refractivity contribution >= 4 is 52.5 Å². The van der Waals surface area contributed by atoms with Gasteiger partial charge in [0.1, 0.15) is 17.6 Å². The van der Waals surface area contributed by atoms with Crippen molar-refractivity contribution in [3.8, 4) is 11.5 Å². The summed E-state index contributed by atoms with van der Waals surface area (Å²) in [7, 11) is 0. The van der Waals surface area contributed by atoms with Crippen LogP contribution in [0.5, 0.6) is 11.5 Å². The van der Waals surface area contributed by atoms with E-state index in [-0.39, 0.29) is 23.0 Å². The number of phenols is 2. The van der Waals surface area contributed by atoms with Crippen LogP contribution in [-0.4, -0.2) is 19.8 Å². The van der Waals surface area contributed by atoms with Crippen molar-refractivity contribution in [2.75, 3.05) is 0 Å². The molecule has 0 radical (unpaired) electrons. The van der Waals surface area contributed by atoms with Crippen LogP contribution in [0.1, 0.15) is 35.3 Å². The van der Waals surface area contributed by atoms with Gasteiger partial charge in [-0.05, 0) is 72.1 Å². The smallest absolute Gasteiger partial charge is 0.115 e. The van der Waals surface area contributed by atoms with Gasteiger partial charge in [0.05, 0.1) is 19.5 Å². The predicted molar refractivity (Wildman–Crippen MR) is 185 cm³/mol. The summed E-state index contributed by atoms with van der Waals surface area (Å²) in [6.45, 7) is 6.85.